The molecule has 1 N–H and O–H groups in total. The lowest BCUT2D eigenvalue weighted by molar-refractivity contribution is 0.102. The van der Waals surface area contributed by atoms with Gasteiger partial charge in [-0.3, -0.25) is 4.79 Å². The first-order valence-corrected chi connectivity index (χ1v) is 7.86. The fraction of sp³-hybridized carbons (Fsp3) is 0.105. The van der Waals surface area contributed by atoms with Gasteiger partial charge in [0.05, 0.1) is 0 Å². The third-order valence-electron chi connectivity index (χ3n) is 4.04. The fourth-order valence-electron chi connectivity index (χ4n) is 2.87. The highest BCUT2D eigenvalue weighted by atomic mass is 16.1. The van der Waals surface area contributed by atoms with Gasteiger partial charge in [-0.25, -0.2) is 9.97 Å². The number of hydrogen-bond donors (Lipinski definition) is 1. The van der Waals surface area contributed by atoms with Crippen molar-refractivity contribution in [2.75, 3.05) is 16.8 Å². The largest absolute Gasteiger partial charge is 0.321 e. The van der Waals surface area contributed by atoms with Gasteiger partial charge in [-0.1, -0.05) is 36.4 Å². The van der Waals surface area contributed by atoms with Crippen LogP contribution in [0.4, 0.5) is 17.3 Å². The normalized spacial score (nSPS) is 12.8. The Balaban J connectivity index is 1.59. The van der Waals surface area contributed by atoms with Gasteiger partial charge in [-0.15, -0.1) is 0 Å². The van der Waals surface area contributed by atoms with Crippen LogP contribution < -0.4 is 10.2 Å². The summed E-state index contributed by atoms with van der Waals surface area (Å²) in [5.74, 6) is 0.318. The van der Waals surface area contributed by atoms with E-state index in [4.69, 9.17) is 0 Å². The number of hydrogen-bond acceptors (Lipinski definition) is 4. The van der Waals surface area contributed by atoms with Crippen molar-refractivity contribution in [3.63, 3.8) is 0 Å². The first-order chi connectivity index (χ1) is 11.8. The van der Waals surface area contributed by atoms with Crippen molar-refractivity contribution >= 4 is 23.2 Å². The van der Waals surface area contributed by atoms with Gasteiger partial charge in [0.25, 0.3) is 5.91 Å². The molecule has 0 saturated heterocycles. The van der Waals surface area contributed by atoms with E-state index in [0.717, 1.165) is 24.3 Å². The van der Waals surface area contributed by atoms with Gasteiger partial charge in [-0.05, 0) is 36.2 Å². The number of fused-ring (bicyclic) bond motifs is 1. The van der Waals surface area contributed by atoms with Crippen molar-refractivity contribution in [1.82, 2.24) is 9.97 Å². The lowest BCUT2D eigenvalue weighted by Gasteiger charge is -2.17. The van der Waals surface area contributed by atoms with Gasteiger partial charge in [0.15, 0.2) is 0 Å². The Kier molecular flexibility index (Phi) is 3.67. The molecule has 2 aromatic carbocycles. The molecule has 1 amide bonds. The molecule has 118 valence electrons. The SMILES string of the molecule is O=C(Nc1ccccc1)c1ccnc(N2CCc3ccccc32)n1. The zero-order valence-corrected chi connectivity index (χ0v) is 13.0. The van der Waals surface area contributed by atoms with Crippen LogP contribution in [0.1, 0.15) is 16.1 Å². The summed E-state index contributed by atoms with van der Waals surface area (Å²) in [7, 11) is 0. The molecular weight excluding hydrogens is 300 g/mol. The van der Waals surface area contributed by atoms with Crippen LogP contribution in [-0.4, -0.2) is 22.4 Å². The zero-order chi connectivity index (χ0) is 16.4. The molecule has 0 radical (unpaired) electrons. The fourth-order valence-corrected chi connectivity index (χ4v) is 2.87. The second kappa shape index (κ2) is 6.12. The van der Waals surface area contributed by atoms with Crippen LogP contribution in [0.2, 0.25) is 0 Å². The maximum Gasteiger partial charge on any atom is 0.274 e. The average molecular weight is 316 g/mol. The molecule has 24 heavy (non-hydrogen) atoms. The van der Waals surface area contributed by atoms with Gasteiger partial charge < -0.3 is 10.2 Å². The lowest BCUT2D eigenvalue weighted by Crippen LogP contribution is -2.20. The predicted molar refractivity (Wildman–Crippen MR) is 93.6 cm³/mol. The van der Waals surface area contributed by atoms with Gasteiger partial charge in [-0.2, -0.15) is 0 Å². The first-order valence-electron chi connectivity index (χ1n) is 7.86. The van der Waals surface area contributed by atoms with E-state index in [0.29, 0.717) is 11.6 Å². The van der Waals surface area contributed by atoms with E-state index in [1.54, 1.807) is 12.3 Å². The molecule has 0 spiro atoms. The number of nitrogens with one attached hydrogen (secondary N) is 1. The van der Waals surface area contributed by atoms with Crippen molar-refractivity contribution in [1.29, 1.82) is 0 Å². The summed E-state index contributed by atoms with van der Waals surface area (Å²) in [4.78, 5) is 23.3. The molecule has 5 heteroatoms. The van der Waals surface area contributed by atoms with Gasteiger partial charge >= 0.3 is 0 Å². The van der Waals surface area contributed by atoms with E-state index >= 15 is 0 Å². The molecule has 0 atom stereocenters. The van der Waals surface area contributed by atoms with E-state index in [1.165, 1.54) is 5.56 Å². The van der Waals surface area contributed by atoms with E-state index in [2.05, 4.69) is 32.3 Å². The Morgan fingerprint density at radius 2 is 1.79 bits per heavy atom. The average Bonchev–Trinajstić information content (AvgIpc) is 3.07. The minimum absolute atomic E-state index is 0.239. The summed E-state index contributed by atoms with van der Waals surface area (Å²) in [5.41, 5.74) is 3.49. The van der Waals surface area contributed by atoms with E-state index in [1.807, 2.05) is 42.5 Å². The maximum atomic E-state index is 12.4. The number of carbonyl (C=O) groups is 1. The van der Waals surface area contributed by atoms with E-state index in [-0.39, 0.29) is 5.91 Å². The highest BCUT2D eigenvalue weighted by molar-refractivity contribution is 6.03. The molecule has 5 nitrogen and oxygen atoms in total. The molecule has 0 saturated carbocycles. The molecule has 1 aliphatic heterocycles. The third kappa shape index (κ3) is 2.72. The second-order valence-corrected chi connectivity index (χ2v) is 5.59. The van der Waals surface area contributed by atoms with E-state index < -0.39 is 0 Å². The molecule has 0 aliphatic carbocycles. The molecule has 4 rings (SSSR count). The Labute approximate surface area is 140 Å². The quantitative estimate of drug-likeness (QED) is 0.804. The highest BCUT2D eigenvalue weighted by Gasteiger charge is 2.22. The van der Waals surface area contributed by atoms with Crippen molar-refractivity contribution in [2.24, 2.45) is 0 Å². The van der Waals surface area contributed by atoms with Gasteiger partial charge in [0, 0.05) is 24.1 Å². The number of amides is 1. The predicted octanol–water partition coefficient (Wildman–Crippen LogP) is 3.42. The molecular formula is C19H16N4O. The van der Waals surface area contributed by atoms with Crippen LogP contribution in [0.3, 0.4) is 0 Å². The number of anilines is 3. The van der Waals surface area contributed by atoms with Crippen molar-refractivity contribution in [3.8, 4) is 0 Å². The Morgan fingerprint density at radius 3 is 2.67 bits per heavy atom. The van der Waals surface area contributed by atoms with E-state index in [9.17, 15) is 4.79 Å². The summed E-state index contributed by atoms with van der Waals surface area (Å²) in [5, 5.41) is 2.85. The zero-order valence-electron chi connectivity index (χ0n) is 13.0. The van der Waals surface area contributed by atoms with Gasteiger partial charge in [0.2, 0.25) is 5.95 Å². The smallest absolute Gasteiger partial charge is 0.274 e. The number of para-hydroxylation sites is 2. The first kappa shape index (κ1) is 14.4. The number of carbonyl (C=O) groups excluding carboxylic acids is 1. The minimum Gasteiger partial charge on any atom is -0.321 e. The Bertz CT molecular complexity index is 879. The lowest BCUT2D eigenvalue weighted by atomic mass is 10.2. The molecule has 3 aromatic rings. The molecule has 0 bridgehead atoms. The molecule has 0 unspecified atom stereocenters. The number of benzene rings is 2. The monoisotopic (exact) mass is 316 g/mol. The van der Waals surface area contributed by atoms with Crippen LogP contribution in [0.15, 0.2) is 66.9 Å². The third-order valence-corrected chi connectivity index (χ3v) is 4.04. The number of aromatic nitrogens is 2. The summed E-state index contributed by atoms with van der Waals surface area (Å²) in [6.07, 6.45) is 2.59. The highest BCUT2D eigenvalue weighted by Crippen LogP contribution is 2.32. The summed E-state index contributed by atoms with van der Waals surface area (Å²) in [6.45, 7) is 0.823. The molecule has 0 fully saturated rings. The van der Waals surface area contributed by atoms with Crippen molar-refractivity contribution in [2.45, 2.75) is 6.42 Å². The Morgan fingerprint density at radius 1 is 1.00 bits per heavy atom. The van der Waals surface area contributed by atoms with Crippen LogP contribution in [0.5, 0.6) is 0 Å². The molecule has 1 aliphatic rings. The number of rotatable bonds is 3. The summed E-state index contributed by atoms with van der Waals surface area (Å²) < 4.78 is 0. The molecule has 2 heterocycles. The number of nitrogens with zero attached hydrogens (tertiary/aromatic N) is 3. The van der Waals surface area contributed by atoms with Crippen LogP contribution in [0, 0.1) is 0 Å². The van der Waals surface area contributed by atoms with Gasteiger partial charge in [0.1, 0.15) is 5.69 Å². The minimum atomic E-state index is -0.239. The van der Waals surface area contributed by atoms with Crippen LogP contribution in [-0.2, 0) is 6.42 Å². The second-order valence-electron chi connectivity index (χ2n) is 5.59. The molecule has 1 aromatic heterocycles. The summed E-state index contributed by atoms with van der Waals surface area (Å²) >= 11 is 0. The Hall–Kier alpha value is -3.21. The van der Waals surface area contributed by atoms with Crippen molar-refractivity contribution < 1.29 is 4.79 Å². The summed E-state index contributed by atoms with van der Waals surface area (Å²) in [6, 6.07) is 19.2. The van der Waals surface area contributed by atoms with Crippen LogP contribution in [0.25, 0.3) is 0 Å². The van der Waals surface area contributed by atoms with Crippen LogP contribution >= 0.6 is 0 Å². The topological polar surface area (TPSA) is 58.1 Å². The maximum absolute atomic E-state index is 12.4. The standard InChI is InChI=1S/C19H16N4O/c24-18(21-15-7-2-1-3-8-15)16-10-12-20-19(22-16)23-13-11-14-6-4-5-9-17(14)23/h1-10,12H,11,13H2,(H,21,24). The van der Waals surface area contributed by atoms with Crippen molar-refractivity contribution in [3.05, 3.63) is 78.1 Å².